The van der Waals surface area contributed by atoms with Gasteiger partial charge < -0.3 is 20.7 Å². The monoisotopic (exact) mass is 480 g/mol. The summed E-state index contributed by atoms with van der Waals surface area (Å²) in [5.41, 5.74) is 2.74. The standard InChI is InChI=1S/C17H32N6O2.HI/c1-8-18-15(19-9-10-20-16(24)25-17(4,5)6)21-11-14-12(2)22-23(7)13(14)3;/h8-11H2,1-7H3,(H,20,24)(H2,18,19,21);1H. The summed E-state index contributed by atoms with van der Waals surface area (Å²) in [6.45, 7) is 13.9. The first-order valence-corrected chi connectivity index (χ1v) is 8.62. The van der Waals surface area contributed by atoms with Crippen LogP contribution in [0.5, 0.6) is 0 Å². The van der Waals surface area contributed by atoms with Gasteiger partial charge in [0.05, 0.1) is 12.2 Å². The number of carbonyl (C=O) groups excluding carboxylic acids is 1. The zero-order chi connectivity index (χ0) is 19.0. The molecular formula is C17H33IN6O2. The number of aliphatic imine (C=N–C) groups is 1. The Morgan fingerprint density at radius 2 is 1.81 bits per heavy atom. The van der Waals surface area contributed by atoms with E-state index < -0.39 is 11.7 Å². The lowest BCUT2D eigenvalue weighted by Crippen LogP contribution is -2.42. The molecule has 0 saturated heterocycles. The van der Waals surface area contributed by atoms with Crippen LogP contribution < -0.4 is 16.0 Å². The third-order valence-corrected chi connectivity index (χ3v) is 3.48. The van der Waals surface area contributed by atoms with E-state index >= 15 is 0 Å². The van der Waals surface area contributed by atoms with E-state index in [9.17, 15) is 4.79 Å². The highest BCUT2D eigenvalue weighted by molar-refractivity contribution is 14.0. The first-order chi connectivity index (χ1) is 11.6. The average molecular weight is 480 g/mol. The highest BCUT2D eigenvalue weighted by atomic mass is 127. The number of aromatic nitrogens is 2. The Balaban J connectivity index is 0.00000625. The molecule has 3 N–H and O–H groups in total. The number of carbonyl (C=O) groups is 1. The second kappa shape index (κ2) is 11.2. The van der Waals surface area contributed by atoms with Gasteiger partial charge in [-0.15, -0.1) is 24.0 Å². The van der Waals surface area contributed by atoms with Crippen molar-refractivity contribution in [3.8, 4) is 0 Å². The molecule has 0 aliphatic heterocycles. The molecule has 0 bridgehead atoms. The van der Waals surface area contributed by atoms with Gasteiger partial charge in [0.15, 0.2) is 5.96 Å². The number of ether oxygens (including phenoxy) is 1. The fourth-order valence-electron chi connectivity index (χ4n) is 2.21. The van der Waals surface area contributed by atoms with Crippen LogP contribution in [0.3, 0.4) is 0 Å². The zero-order valence-corrected chi connectivity index (χ0v) is 19.2. The van der Waals surface area contributed by atoms with E-state index in [1.54, 1.807) is 0 Å². The van der Waals surface area contributed by atoms with Crippen LogP contribution in [-0.4, -0.2) is 47.1 Å². The van der Waals surface area contributed by atoms with Gasteiger partial charge in [-0.3, -0.25) is 4.68 Å². The lowest BCUT2D eigenvalue weighted by Gasteiger charge is -2.19. The summed E-state index contributed by atoms with van der Waals surface area (Å²) >= 11 is 0. The van der Waals surface area contributed by atoms with Crippen molar-refractivity contribution in [1.82, 2.24) is 25.7 Å². The second-order valence-corrected chi connectivity index (χ2v) is 6.82. The molecule has 0 spiro atoms. The smallest absolute Gasteiger partial charge is 0.407 e. The molecule has 0 atom stereocenters. The molecule has 0 saturated carbocycles. The Morgan fingerprint density at radius 3 is 2.31 bits per heavy atom. The Kier molecular flexibility index (Phi) is 10.6. The fraction of sp³-hybridized carbons (Fsp3) is 0.706. The van der Waals surface area contributed by atoms with Gasteiger partial charge in [0.25, 0.3) is 0 Å². The van der Waals surface area contributed by atoms with Crippen molar-refractivity contribution in [2.45, 2.75) is 53.7 Å². The largest absolute Gasteiger partial charge is 0.444 e. The highest BCUT2D eigenvalue weighted by Crippen LogP contribution is 2.12. The van der Waals surface area contributed by atoms with Crippen LogP contribution in [-0.2, 0) is 18.3 Å². The van der Waals surface area contributed by atoms with Gasteiger partial charge in [-0.1, -0.05) is 0 Å². The van der Waals surface area contributed by atoms with E-state index in [1.807, 2.05) is 53.3 Å². The minimum Gasteiger partial charge on any atom is -0.444 e. The first-order valence-electron chi connectivity index (χ1n) is 8.62. The van der Waals surface area contributed by atoms with E-state index in [2.05, 4.69) is 26.0 Å². The lowest BCUT2D eigenvalue weighted by atomic mass is 10.2. The van der Waals surface area contributed by atoms with Crippen molar-refractivity contribution in [3.05, 3.63) is 17.0 Å². The van der Waals surface area contributed by atoms with Crippen LogP contribution in [0.1, 0.15) is 44.6 Å². The molecule has 0 aromatic carbocycles. The number of aryl methyl sites for hydroxylation is 2. The molecule has 150 valence electrons. The second-order valence-electron chi connectivity index (χ2n) is 6.82. The number of rotatable bonds is 6. The number of hydrogen-bond donors (Lipinski definition) is 3. The third-order valence-electron chi connectivity index (χ3n) is 3.48. The maximum atomic E-state index is 11.6. The van der Waals surface area contributed by atoms with E-state index in [0.29, 0.717) is 25.6 Å². The van der Waals surface area contributed by atoms with Gasteiger partial charge in [-0.25, -0.2) is 9.79 Å². The normalized spacial score (nSPS) is 11.6. The molecule has 1 aromatic heterocycles. The number of halogens is 1. The van der Waals surface area contributed by atoms with Crippen LogP contribution in [0.15, 0.2) is 4.99 Å². The van der Waals surface area contributed by atoms with Crippen molar-refractivity contribution in [3.63, 3.8) is 0 Å². The molecule has 8 nitrogen and oxygen atoms in total. The van der Waals surface area contributed by atoms with Gasteiger partial charge in [-0.05, 0) is 41.5 Å². The molecule has 0 unspecified atom stereocenters. The summed E-state index contributed by atoms with van der Waals surface area (Å²) in [5.74, 6) is 0.705. The molecular weight excluding hydrogens is 447 g/mol. The summed E-state index contributed by atoms with van der Waals surface area (Å²) in [5, 5.41) is 13.5. The summed E-state index contributed by atoms with van der Waals surface area (Å²) in [4.78, 5) is 16.2. The third kappa shape index (κ3) is 8.72. The molecule has 1 aromatic rings. The van der Waals surface area contributed by atoms with Gasteiger partial charge in [0.1, 0.15) is 5.60 Å². The Hall–Kier alpha value is -1.52. The summed E-state index contributed by atoms with van der Waals surface area (Å²) in [6.07, 6.45) is -0.419. The van der Waals surface area contributed by atoms with Crippen molar-refractivity contribution in [1.29, 1.82) is 0 Å². The number of alkyl carbamates (subject to hydrolysis) is 1. The van der Waals surface area contributed by atoms with Gasteiger partial charge in [0.2, 0.25) is 0 Å². The highest BCUT2D eigenvalue weighted by Gasteiger charge is 2.15. The first kappa shape index (κ1) is 24.5. The van der Waals surface area contributed by atoms with Crippen molar-refractivity contribution in [2.24, 2.45) is 12.0 Å². The van der Waals surface area contributed by atoms with E-state index in [-0.39, 0.29) is 24.0 Å². The summed E-state index contributed by atoms with van der Waals surface area (Å²) in [6, 6.07) is 0. The van der Waals surface area contributed by atoms with Crippen LogP contribution in [0.25, 0.3) is 0 Å². The predicted molar refractivity (Wildman–Crippen MR) is 115 cm³/mol. The zero-order valence-electron chi connectivity index (χ0n) is 16.9. The van der Waals surface area contributed by atoms with Gasteiger partial charge in [0, 0.05) is 37.9 Å². The molecule has 0 aliphatic carbocycles. The number of amides is 1. The Bertz CT molecular complexity index is 607. The lowest BCUT2D eigenvalue weighted by molar-refractivity contribution is 0.0529. The maximum Gasteiger partial charge on any atom is 0.407 e. The van der Waals surface area contributed by atoms with Gasteiger partial charge >= 0.3 is 6.09 Å². The SMILES string of the molecule is CCNC(=NCc1c(C)nn(C)c1C)NCCNC(=O)OC(C)(C)C.I. The maximum absolute atomic E-state index is 11.6. The minimum absolute atomic E-state index is 0. The molecule has 1 amide bonds. The molecule has 1 heterocycles. The minimum atomic E-state index is -0.493. The van der Waals surface area contributed by atoms with Gasteiger partial charge in [-0.2, -0.15) is 5.10 Å². The average Bonchev–Trinajstić information content (AvgIpc) is 2.72. The number of nitrogens with one attached hydrogen (secondary N) is 3. The van der Waals surface area contributed by atoms with Crippen LogP contribution in [0, 0.1) is 13.8 Å². The van der Waals surface area contributed by atoms with Crippen molar-refractivity contribution >= 4 is 36.0 Å². The number of nitrogens with zero attached hydrogens (tertiary/aromatic N) is 3. The van der Waals surface area contributed by atoms with E-state index in [0.717, 1.165) is 23.5 Å². The fourth-order valence-corrected chi connectivity index (χ4v) is 2.21. The molecule has 9 heteroatoms. The predicted octanol–water partition coefficient (Wildman–Crippen LogP) is 2.23. The van der Waals surface area contributed by atoms with Crippen LogP contribution in [0.4, 0.5) is 4.79 Å². The molecule has 0 radical (unpaired) electrons. The van der Waals surface area contributed by atoms with E-state index in [1.165, 1.54) is 0 Å². The molecule has 1 rings (SSSR count). The molecule has 0 fully saturated rings. The molecule has 0 aliphatic rings. The van der Waals surface area contributed by atoms with Crippen molar-refractivity contribution < 1.29 is 9.53 Å². The number of guanidine groups is 1. The quantitative estimate of drug-likeness (QED) is 0.252. The molecule has 26 heavy (non-hydrogen) atoms. The Morgan fingerprint density at radius 1 is 1.19 bits per heavy atom. The van der Waals surface area contributed by atoms with Crippen molar-refractivity contribution in [2.75, 3.05) is 19.6 Å². The van der Waals surface area contributed by atoms with E-state index in [4.69, 9.17) is 4.74 Å². The Labute approximate surface area is 173 Å². The van der Waals surface area contributed by atoms with Crippen LogP contribution in [0.2, 0.25) is 0 Å². The summed E-state index contributed by atoms with van der Waals surface area (Å²) < 4.78 is 7.06. The van der Waals surface area contributed by atoms with Crippen LogP contribution >= 0.6 is 24.0 Å². The summed E-state index contributed by atoms with van der Waals surface area (Å²) in [7, 11) is 1.93. The number of hydrogen-bond acceptors (Lipinski definition) is 4. The topological polar surface area (TPSA) is 92.6 Å².